The molecule has 1 aromatic carbocycles. The SMILES string of the molecule is COc1cc(OC)c(Br)c(F)c1Cl. The highest BCUT2D eigenvalue weighted by atomic mass is 79.9. The lowest BCUT2D eigenvalue weighted by molar-refractivity contribution is 0.386. The average molecular weight is 269 g/mol. The fourth-order valence-corrected chi connectivity index (χ4v) is 1.67. The van der Waals surface area contributed by atoms with Gasteiger partial charge in [0.25, 0.3) is 0 Å². The van der Waals surface area contributed by atoms with Crippen LogP contribution in [0.1, 0.15) is 0 Å². The van der Waals surface area contributed by atoms with Crippen molar-refractivity contribution in [1.82, 2.24) is 0 Å². The summed E-state index contributed by atoms with van der Waals surface area (Å²) < 4.78 is 23.2. The fraction of sp³-hybridized carbons (Fsp3) is 0.250. The predicted octanol–water partition coefficient (Wildman–Crippen LogP) is 3.26. The van der Waals surface area contributed by atoms with Gasteiger partial charge >= 0.3 is 0 Å². The van der Waals surface area contributed by atoms with Crippen molar-refractivity contribution in [3.63, 3.8) is 0 Å². The zero-order valence-corrected chi connectivity index (χ0v) is 9.37. The minimum absolute atomic E-state index is 0.0600. The molecule has 0 amide bonds. The Labute approximate surface area is 88.7 Å². The minimum atomic E-state index is -0.585. The maximum absolute atomic E-state index is 13.3. The van der Waals surface area contributed by atoms with Crippen molar-refractivity contribution in [1.29, 1.82) is 0 Å². The van der Waals surface area contributed by atoms with Crippen LogP contribution in [-0.2, 0) is 0 Å². The number of methoxy groups -OCH3 is 2. The van der Waals surface area contributed by atoms with Crippen LogP contribution in [0.2, 0.25) is 5.02 Å². The third kappa shape index (κ3) is 1.89. The van der Waals surface area contributed by atoms with Crippen LogP contribution >= 0.6 is 27.5 Å². The molecule has 0 unspecified atom stereocenters. The Morgan fingerprint density at radius 3 is 2.31 bits per heavy atom. The molecule has 0 aliphatic carbocycles. The summed E-state index contributed by atoms with van der Waals surface area (Å²) in [6.45, 7) is 0. The number of hydrogen-bond donors (Lipinski definition) is 0. The molecular formula is C8H7BrClFO2. The van der Waals surface area contributed by atoms with Crippen molar-refractivity contribution in [3.8, 4) is 11.5 Å². The second kappa shape index (κ2) is 4.15. The molecule has 0 radical (unpaired) electrons. The molecule has 0 atom stereocenters. The second-order valence-corrected chi connectivity index (χ2v) is 3.39. The van der Waals surface area contributed by atoms with Crippen LogP contribution in [0.25, 0.3) is 0 Å². The third-order valence-corrected chi connectivity index (χ3v) is 2.61. The molecule has 0 aliphatic rings. The van der Waals surface area contributed by atoms with E-state index in [9.17, 15) is 4.39 Å². The molecule has 13 heavy (non-hydrogen) atoms. The van der Waals surface area contributed by atoms with Crippen molar-refractivity contribution in [2.45, 2.75) is 0 Å². The Bertz CT molecular complexity index is 302. The molecule has 0 fully saturated rings. The number of halogens is 3. The molecule has 72 valence electrons. The van der Waals surface area contributed by atoms with Gasteiger partial charge in [-0.2, -0.15) is 0 Å². The molecule has 2 nitrogen and oxygen atoms in total. The van der Waals surface area contributed by atoms with Crippen LogP contribution < -0.4 is 9.47 Å². The highest BCUT2D eigenvalue weighted by molar-refractivity contribution is 9.10. The van der Waals surface area contributed by atoms with E-state index in [0.29, 0.717) is 5.75 Å². The van der Waals surface area contributed by atoms with Gasteiger partial charge in [0, 0.05) is 6.07 Å². The van der Waals surface area contributed by atoms with Gasteiger partial charge in [0.15, 0.2) is 5.82 Å². The van der Waals surface area contributed by atoms with E-state index in [1.54, 1.807) is 0 Å². The Morgan fingerprint density at radius 2 is 1.85 bits per heavy atom. The van der Waals surface area contributed by atoms with E-state index in [2.05, 4.69) is 15.9 Å². The van der Waals surface area contributed by atoms with Gasteiger partial charge in [-0.25, -0.2) is 4.39 Å². The van der Waals surface area contributed by atoms with Crippen LogP contribution in [0.3, 0.4) is 0 Å². The molecular weight excluding hydrogens is 262 g/mol. The molecule has 0 saturated carbocycles. The molecule has 0 aromatic heterocycles. The molecule has 1 aromatic rings. The van der Waals surface area contributed by atoms with E-state index in [1.807, 2.05) is 0 Å². The van der Waals surface area contributed by atoms with E-state index in [-0.39, 0.29) is 15.2 Å². The molecule has 0 N–H and O–H groups in total. The normalized spacial score (nSPS) is 9.92. The van der Waals surface area contributed by atoms with Crippen LogP contribution in [-0.4, -0.2) is 14.2 Å². The van der Waals surface area contributed by atoms with Crippen molar-refractivity contribution >= 4 is 27.5 Å². The van der Waals surface area contributed by atoms with Gasteiger partial charge in [-0.3, -0.25) is 0 Å². The second-order valence-electron chi connectivity index (χ2n) is 2.22. The molecule has 5 heteroatoms. The predicted molar refractivity (Wildman–Crippen MR) is 52.2 cm³/mol. The fourth-order valence-electron chi connectivity index (χ4n) is 0.856. The van der Waals surface area contributed by atoms with Crippen LogP contribution in [0.5, 0.6) is 11.5 Å². The van der Waals surface area contributed by atoms with Gasteiger partial charge in [-0.1, -0.05) is 11.6 Å². The van der Waals surface area contributed by atoms with E-state index in [0.717, 1.165) is 0 Å². The number of rotatable bonds is 2. The summed E-state index contributed by atoms with van der Waals surface area (Å²) in [5, 5.41) is -0.0600. The first-order valence-corrected chi connectivity index (χ1v) is 4.54. The lowest BCUT2D eigenvalue weighted by atomic mass is 10.3. The standard InChI is InChI=1S/C8H7BrClFO2/c1-12-4-3-5(13-2)7(10)8(11)6(4)9/h3H,1-2H3. The summed E-state index contributed by atoms with van der Waals surface area (Å²) in [6.07, 6.45) is 0. The first-order chi connectivity index (χ1) is 6.11. The quantitative estimate of drug-likeness (QED) is 0.767. The smallest absolute Gasteiger partial charge is 0.163 e. The first kappa shape index (κ1) is 10.6. The number of ether oxygens (including phenoxy) is 2. The number of hydrogen-bond acceptors (Lipinski definition) is 2. The summed E-state index contributed by atoms with van der Waals surface area (Å²) in [7, 11) is 2.85. The van der Waals surface area contributed by atoms with Gasteiger partial charge in [-0.15, -0.1) is 0 Å². The molecule has 0 saturated heterocycles. The summed E-state index contributed by atoms with van der Waals surface area (Å²) in [6, 6.07) is 1.51. The van der Waals surface area contributed by atoms with Gasteiger partial charge in [-0.05, 0) is 15.9 Å². The third-order valence-electron chi connectivity index (χ3n) is 1.52. The Hall–Kier alpha value is -0.480. The van der Waals surface area contributed by atoms with E-state index < -0.39 is 5.82 Å². The van der Waals surface area contributed by atoms with Crippen molar-refractivity contribution in [3.05, 3.63) is 21.4 Å². The highest BCUT2D eigenvalue weighted by Crippen LogP contribution is 2.38. The largest absolute Gasteiger partial charge is 0.495 e. The summed E-state index contributed by atoms with van der Waals surface area (Å²) in [5.74, 6) is 0.0100. The van der Waals surface area contributed by atoms with Gasteiger partial charge in [0.1, 0.15) is 16.5 Å². The maximum atomic E-state index is 13.3. The Morgan fingerprint density at radius 1 is 1.31 bits per heavy atom. The zero-order chi connectivity index (χ0) is 10.0. The Kier molecular flexibility index (Phi) is 3.39. The molecule has 1 rings (SSSR count). The monoisotopic (exact) mass is 268 g/mol. The lowest BCUT2D eigenvalue weighted by Crippen LogP contribution is -1.93. The van der Waals surface area contributed by atoms with Crippen molar-refractivity contribution < 1.29 is 13.9 Å². The maximum Gasteiger partial charge on any atom is 0.163 e. The molecule has 0 spiro atoms. The van der Waals surface area contributed by atoms with Gasteiger partial charge in [0.2, 0.25) is 0 Å². The van der Waals surface area contributed by atoms with E-state index in [1.165, 1.54) is 20.3 Å². The topological polar surface area (TPSA) is 18.5 Å². The first-order valence-electron chi connectivity index (χ1n) is 3.37. The average Bonchev–Trinajstić information content (AvgIpc) is 2.15. The van der Waals surface area contributed by atoms with E-state index in [4.69, 9.17) is 21.1 Å². The van der Waals surface area contributed by atoms with Crippen LogP contribution in [0.4, 0.5) is 4.39 Å². The summed E-state index contributed by atoms with van der Waals surface area (Å²) in [5.41, 5.74) is 0. The molecule has 0 heterocycles. The van der Waals surface area contributed by atoms with Crippen molar-refractivity contribution in [2.24, 2.45) is 0 Å². The van der Waals surface area contributed by atoms with Gasteiger partial charge < -0.3 is 9.47 Å². The van der Waals surface area contributed by atoms with E-state index >= 15 is 0 Å². The highest BCUT2D eigenvalue weighted by Gasteiger charge is 2.15. The summed E-state index contributed by atoms with van der Waals surface area (Å²) in [4.78, 5) is 0. The minimum Gasteiger partial charge on any atom is -0.495 e. The summed E-state index contributed by atoms with van der Waals surface area (Å²) >= 11 is 8.66. The van der Waals surface area contributed by atoms with Crippen molar-refractivity contribution in [2.75, 3.05) is 14.2 Å². The lowest BCUT2D eigenvalue weighted by Gasteiger charge is -2.09. The van der Waals surface area contributed by atoms with Gasteiger partial charge in [0.05, 0.1) is 18.7 Å². The van der Waals surface area contributed by atoms with Crippen LogP contribution in [0, 0.1) is 5.82 Å². The molecule has 0 bridgehead atoms. The zero-order valence-electron chi connectivity index (χ0n) is 7.03. The molecule has 0 aliphatic heterocycles. The van der Waals surface area contributed by atoms with Crippen LogP contribution in [0.15, 0.2) is 10.5 Å². The Balaban J connectivity index is 3.36. The number of benzene rings is 1.